The Labute approximate surface area is 85.4 Å². The monoisotopic (exact) mass is 194 g/mol. The lowest BCUT2D eigenvalue weighted by Crippen LogP contribution is -2.13. The standard InChI is InChI=1S/C10H18N4/c1-4-5-7-11-9-6-8-12-10(13-9)14(2)3/h6,8H,4-5,7H2,1-3H3,(H,11,12,13). The Balaban J connectivity index is 2.55. The van der Waals surface area contributed by atoms with Crippen molar-refractivity contribution in [2.24, 2.45) is 0 Å². The summed E-state index contributed by atoms with van der Waals surface area (Å²) in [5, 5.41) is 3.26. The fourth-order valence-electron chi connectivity index (χ4n) is 1.06. The summed E-state index contributed by atoms with van der Waals surface area (Å²) in [4.78, 5) is 10.4. The van der Waals surface area contributed by atoms with Gasteiger partial charge >= 0.3 is 0 Å². The molecule has 0 amide bonds. The number of anilines is 2. The largest absolute Gasteiger partial charge is 0.370 e. The molecule has 0 spiro atoms. The van der Waals surface area contributed by atoms with Crippen LogP contribution in [0.5, 0.6) is 0 Å². The van der Waals surface area contributed by atoms with Crippen molar-refractivity contribution in [2.75, 3.05) is 30.9 Å². The number of rotatable bonds is 5. The normalized spacial score (nSPS) is 9.93. The highest BCUT2D eigenvalue weighted by Gasteiger charge is 1.99. The van der Waals surface area contributed by atoms with Gasteiger partial charge in [0.25, 0.3) is 0 Å². The molecule has 0 saturated heterocycles. The molecule has 0 aliphatic rings. The summed E-state index contributed by atoms with van der Waals surface area (Å²) in [5.74, 6) is 1.64. The van der Waals surface area contributed by atoms with Crippen molar-refractivity contribution in [1.82, 2.24) is 9.97 Å². The topological polar surface area (TPSA) is 41.1 Å². The van der Waals surface area contributed by atoms with Crippen molar-refractivity contribution in [3.63, 3.8) is 0 Å². The smallest absolute Gasteiger partial charge is 0.226 e. The van der Waals surface area contributed by atoms with Crippen LogP contribution in [0.4, 0.5) is 11.8 Å². The van der Waals surface area contributed by atoms with Crippen molar-refractivity contribution in [3.05, 3.63) is 12.3 Å². The zero-order chi connectivity index (χ0) is 10.4. The van der Waals surface area contributed by atoms with E-state index in [1.165, 1.54) is 12.8 Å². The van der Waals surface area contributed by atoms with E-state index in [1.54, 1.807) is 6.20 Å². The van der Waals surface area contributed by atoms with Gasteiger partial charge in [-0.15, -0.1) is 0 Å². The van der Waals surface area contributed by atoms with Gasteiger partial charge in [-0.05, 0) is 12.5 Å². The van der Waals surface area contributed by atoms with E-state index in [0.717, 1.165) is 18.3 Å². The molecule has 0 aromatic carbocycles. The lowest BCUT2D eigenvalue weighted by molar-refractivity contribution is 0.829. The molecule has 4 heteroatoms. The molecule has 0 fully saturated rings. The number of aromatic nitrogens is 2. The number of nitrogens with zero attached hydrogens (tertiary/aromatic N) is 3. The van der Waals surface area contributed by atoms with Gasteiger partial charge < -0.3 is 10.2 Å². The number of unbranched alkanes of at least 4 members (excludes halogenated alkanes) is 1. The van der Waals surface area contributed by atoms with Crippen molar-refractivity contribution in [3.8, 4) is 0 Å². The first-order valence-corrected chi connectivity index (χ1v) is 4.98. The number of hydrogen-bond acceptors (Lipinski definition) is 4. The molecular weight excluding hydrogens is 176 g/mol. The van der Waals surface area contributed by atoms with E-state index in [9.17, 15) is 0 Å². The molecule has 1 heterocycles. The summed E-state index contributed by atoms with van der Waals surface area (Å²) in [6.07, 6.45) is 4.14. The maximum atomic E-state index is 4.35. The van der Waals surface area contributed by atoms with E-state index >= 15 is 0 Å². The molecule has 1 aromatic rings. The lowest BCUT2D eigenvalue weighted by atomic mass is 10.3. The van der Waals surface area contributed by atoms with Crippen LogP contribution in [0, 0.1) is 0 Å². The van der Waals surface area contributed by atoms with Gasteiger partial charge in [-0.3, -0.25) is 0 Å². The van der Waals surface area contributed by atoms with Gasteiger partial charge in [-0.25, -0.2) is 4.98 Å². The summed E-state index contributed by atoms with van der Waals surface area (Å²) in [5.41, 5.74) is 0. The first-order chi connectivity index (χ1) is 6.74. The fraction of sp³-hybridized carbons (Fsp3) is 0.600. The van der Waals surface area contributed by atoms with Crippen LogP contribution in [0.1, 0.15) is 19.8 Å². The van der Waals surface area contributed by atoms with Crippen molar-refractivity contribution >= 4 is 11.8 Å². The van der Waals surface area contributed by atoms with E-state index in [1.807, 2.05) is 25.1 Å². The fourth-order valence-corrected chi connectivity index (χ4v) is 1.06. The minimum Gasteiger partial charge on any atom is -0.370 e. The minimum atomic E-state index is 0.742. The Hall–Kier alpha value is -1.32. The van der Waals surface area contributed by atoms with Crippen molar-refractivity contribution < 1.29 is 0 Å². The second-order valence-corrected chi connectivity index (χ2v) is 3.42. The van der Waals surface area contributed by atoms with Crippen LogP contribution in [0.25, 0.3) is 0 Å². The summed E-state index contributed by atoms with van der Waals surface area (Å²) in [6, 6.07) is 1.89. The second-order valence-electron chi connectivity index (χ2n) is 3.42. The van der Waals surface area contributed by atoms with Crippen LogP contribution < -0.4 is 10.2 Å². The average molecular weight is 194 g/mol. The third kappa shape index (κ3) is 3.20. The van der Waals surface area contributed by atoms with E-state index < -0.39 is 0 Å². The Bertz CT molecular complexity index is 273. The molecular formula is C10H18N4. The third-order valence-electron chi connectivity index (χ3n) is 1.88. The highest BCUT2D eigenvalue weighted by Crippen LogP contribution is 2.07. The molecule has 0 aliphatic heterocycles. The van der Waals surface area contributed by atoms with E-state index in [2.05, 4.69) is 22.2 Å². The molecule has 0 atom stereocenters. The first-order valence-electron chi connectivity index (χ1n) is 4.98. The predicted octanol–water partition coefficient (Wildman–Crippen LogP) is 1.75. The molecule has 1 N–H and O–H groups in total. The SMILES string of the molecule is CCCCNc1ccnc(N(C)C)n1. The molecule has 14 heavy (non-hydrogen) atoms. The Kier molecular flexibility index (Phi) is 4.16. The Morgan fingerprint density at radius 3 is 2.86 bits per heavy atom. The van der Waals surface area contributed by atoms with Crippen LogP contribution in [0.3, 0.4) is 0 Å². The zero-order valence-corrected chi connectivity index (χ0v) is 9.12. The summed E-state index contributed by atoms with van der Waals surface area (Å²) < 4.78 is 0. The van der Waals surface area contributed by atoms with E-state index in [0.29, 0.717) is 0 Å². The second kappa shape index (κ2) is 5.42. The molecule has 1 aromatic heterocycles. The van der Waals surface area contributed by atoms with E-state index in [4.69, 9.17) is 0 Å². The number of nitrogens with one attached hydrogen (secondary N) is 1. The Morgan fingerprint density at radius 1 is 1.43 bits per heavy atom. The van der Waals surface area contributed by atoms with Crippen LogP contribution in [-0.4, -0.2) is 30.6 Å². The molecule has 78 valence electrons. The van der Waals surface area contributed by atoms with Gasteiger partial charge in [0.2, 0.25) is 5.95 Å². The molecule has 0 unspecified atom stereocenters. The van der Waals surface area contributed by atoms with Crippen LogP contribution >= 0.6 is 0 Å². The van der Waals surface area contributed by atoms with Crippen LogP contribution in [-0.2, 0) is 0 Å². The lowest BCUT2D eigenvalue weighted by Gasteiger charge is -2.11. The number of hydrogen-bond donors (Lipinski definition) is 1. The van der Waals surface area contributed by atoms with Gasteiger partial charge in [0.1, 0.15) is 5.82 Å². The highest BCUT2D eigenvalue weighted by atomic mass is 15.2. The van der Waals surface area contributed by atoms with Gasteiger partial charge in [0.05, 0.1) is 0 Å². The first kappa shape index (κ1) is 10.8. The predicted molar refractivity (Wildman–Crippen MR) is 59.8 cm³/mol. The van der Waals surface area contributed by atoms with Gasteiger partial charge in [0, 0.05) is 26.8 Å². The maximum Gasteiger partial charge on any atom is 0.226 e. The maximum absolute atomic E-state index is 4.35. The third-order valence-corrected chi connectivity index (χ3v) is 1.88. The van der Waals surface area contributed by atoms with Gasteiger partial charge in [0.15, 0.2) is 0 Å². The van der Waals surface area contributed by atoms with Crippen LogP contribution in [0.2, 0.25) is 0 Å². The summed E-state index contributed by atoms with van der Waals surface area (Å²) in [6.45, 7) is 3.15. The highest BCUT2D eigenvalue weighted by molar-refractivity contribution is 5.40. The zero-order valence-electron chi connectivity index (χ0n) is 9.12. The van der Waals surface area contributed by atoms with Gasteiger partial charge in [-0.1, -0.05) is 13.3 Å². The van der Waals surface area contributed by atoms with E-state index in [-0.39, 0.29) is 0 Å². The minimum absolute atomic E-state index is 0.742. The van der Waals surface area contributed by atoms with Crippen molar-refractivity contribution in [2.45, 2.75) is 19.8 Å². The molecule has 0 aliphatic carbocycles. The quantitative estimate of drug-likeness (QED) is 0.725. The van der Waals surface area contributed by atoms with Crippen molar-refractivity contribution in [1.29, 1.82) is 0 Å². The molecule has 0 radical (unpaired) electrons. The summed E-state index contributed by atoms with van der Waals surface area (Å²) >= 11 is 0. The molecule has 4 nitrogen and oxygen atoms in total. The molecule has 0 saturated carbocycles. The van der Waals surface area contributed by atoms with Gasteiger partial charge in [-0.2, -0.15) is 4.98 Å². The Morgan fingerprint density at radius 2 is 2.21 bits per heavy atom. The average Bonchev–Trinajstić information content (AvgIpc) is 2.19. The summed E-state index contributed by atoms with van der Waals surface area (Å²) in [7, 11) is 3.87. The van der Waals surface area contributed by atoms with Crippen LogP contribution in [0.15, 0.2) is 12.3 Å². The molecule has 0 bridgehead atoms. The molecule has 1 rings (SSSR count).